The molecule has 1 fully saturated rings. The van der Waals surface area contributed by atoms with Crippen molar-refractivity contribution in [2.75, 3.05) is 5.32 Å². The molecular weight excluding hydrogens is 172 g/mol. The van der Waals surface area contributed by atoms with Crippen molar-refractivity contribution in [3.05, 3.63) is 29.3 Å². The van der Waals surface area contributed by atoms with Crippen molar-refractivity contribution in [1.29, 1.82) is 5.26 Å². The van der Waals surface area contributed by atoms with Crippen LogP contribution in [0.5, 0.6) is 0 Å². The summed E-state index contributed by atoms with van der Waals surface area (Å²) in [6.45, 7) is 4.27. The van der Waals surface area contributed by atoms with Crippen LogP contribution in [0.3, 0.4) is 0 Å². The van der Waals surface area contributed by atoms with Gasteiger partial charge in [-0.3, -0.25) is 0 Å². The van der Waals surface area contributed by atoms with E-state index in [1.54, 1.807) is 0 Å². The van der Waals surface area contributed by atoms with E-state index in [9.17, 15) is 0 Å². The molecule has 1 aliphatic carbocycles. The van der Waals surface area contributed by atoms with Crippen LogP contribution in [0.25, 0.3) is 0 Å². The lowest BCUT2D eigenvalue weighted by molar-refractivity contribution is 0.928. The first kappa shape index (κ1) is 9.08. The summed E-state index contributed by atoms with van der Waals surface area (Å²) < 4.78 is 0. The van der Waals surface area contributed by atoms with Crippen molar-refractivity contribution in [2.24, 2.45) is 5.92 Å². The Morgan fingerprint density at radius 1 is 1.50 bits per heavy atom. The number of nitrogens with zero attached hydrogens (tertiary/aromatic N) is 1. The number of nitrogens with one attached hydrogen (secondary N) is 1. The highest BCUT2D eigenvalue weighted by Gasteiger charge is 2.32. The molecule has 14 heavy (non-hydrogen) atoms. The van der Waals surface area contributed by atoms with Gasteiger partial charge in [-0.15, -0.1) is 0 Å². The van der Waals surface area contributed by atoms with E-state index in [4.69, 9.17) is 5.26 Å². The average molecular weight is 186 g/mol. The normalized spacial score (nSPS) is 24.1. The fourth-order valence-corrected chi connectivity index (χ4v) is 1.60. The molecule has 2 rings (SSSR count). The summed E-state index contributed by atoms with van der Waals surface area (Å²) in [5, 5.41) is 12.3. The third-order valence-electron chi connectivity index (χ3n) is 2.75. The minimum atomic E-state index is 0.573. The summed E-state index contributed by atoms with van der Waals surface area (Å²) in [4.78, 5) is 0. The number of nitriles is 1. The molecule has 0 heterocycles. The molecule has 2 atom stereocenters. The molecule has 1 aliphatic rings. The van der Waals surface area contributed by atoms with Crippen LogP contribution in [0.15, 0.2) is 18.2 Å². The molecule has 72 valence electrons. The van der Waals surface area contributed by atoms with Crippen molar-refractivity contribution in [1.82, 2.24) is 0 Å². The topological polar surface area (TPSA) is 35.8 Å². The Kier molecular flexibility index (Phi) is 2.17. The number of hydrogen-bond donors (Lipinski definition) is 1. The number of aryl methyl sites for hydroxylation is 1. The highest BCUT2D eigenvalue weighted by atomic mass is 15.0. The van der Waals surface area contributed by atoms with Crippen LogP contribution in [0.1, 0.15) is 24.5 Å². The molecule has 1 saturated carbocycles. The van der Waals surface area contributed by atoms with Crippen LogP contribution < -0.4 is 5.32 Å². The van der Waals surface area contributed by atoms with Crippen LogP contribution in [-0.2, 0) is 0 Å². The third kappa shape index (κ3) is 1.72. The second kappa shape index (κ2) is 3.34. The van der Waals surface area contributed by atoms with E-state index in [-0.39, 0.29) is 0 Å². The molecule has 0 aromatic heterocycles. The maximum absolute atomic E-state index is 8.92. The molecule has 1 N–H and O–H groups in total. The van der Waals surface area contributed by atoms with E-state index < -0.39 is 0 Å². The Bertz CT molecular complexity index is 390. The number of rotatable bonds is 2. The van der Waals surface area contributed by atoms with E-state index in [1.807, 2.05) is 25.1 Å². The lowest BCUT2D eigenvalue weighted by atomic mass is 10.1. The van der Waals surface area contributed by atoms with Crippen LogP contribution in [0.2, 0.25) is 0 Å². The molecule has 0 aliphatic heterocycles. The van der Waals surface area contributed by atoms with Crippen molar-refractivity contribution in [3.8, 4) is 6.07 Å². The quantitative estimate of drug-likeness (QED) is 0.770. The zero-order chi connectivity index (χ0) is 10.1. The summed E-state index contributed by atoms with van der Waals surface area (Å²) >= 11 is 0. The maximum Gasteiger partial charge on any atom is 0.101 e. The summed E-state index contributed by atoms with van der Waals surface area (Å²) in [6, 6.07) is 8.68. The first-order chi connectivity index (χ1) is 6.70. The van der Waals surface area contributed by atoms with Gasteiger partial charge in [-0.05, 0) is 37.0 Å². The predicted octanol–water partition coefficient (Wildman–Crippen LogP) is 2.69. The van der Waals surface area contributed by atoms with Gasteiger partial charge in [0.1, 0.15) is 6.07 Å². The van der Waals surface area contributed by atoms with Crippen molar-refractivity contribution >= 4 is 5.69 Å². The van der Waals surface area contributed by atoms with Gasteiger partial charge < -0.3 is 5.32 Å². The minimum Gasteiger partial charge on any atom is -0.381 e. The van der Waals surface area contributed by atoms with Crippen LogP contribution in [-0.4, -0.2) is 6.04 Å². The molecular formula is C12H14N2. The van der Waals surface area contributed by atoms with Gasteiger partial charge in [0.15, 0.2) is 0 Å². The molecule has 2 nitrogen and oxygen atoms in total. The minimum absolute atomic E-state index is 0.573. The predicted molar refractivity (Wildman–Crippen MR) is 57.1 cm³/mol. The van der Waals surface area contributed by atoms with Crippen molar-refractivity contribution in [2.45, 2.75) is 26.3 Å². The summed E-state index contributed by atoms with van der Waals surface area (Å²) in [5.41, 5.74) is 2.93. The van der Waals surface area contributed by atoms with Crippen LogP contribution in [0.4, 0.5) is 5.69 Å². The smallest absolute Gasteiger partial charge is 0.101 e. The van der Waals surface area contributed by atoms with Gasteiger partial charge in [-0.1, -0.05) is 13.0 Å². The zero-order valence-corrected chi connectivity index (χ0v) is 8.54. The molecule has 2 heteroatoms. The lowest BCUT2D eigenvalue weighted by Crippen LogP contribution is -2.05. The van der Waals surface area contributed by atoms with E-state index in [2.05, 4.69) is 18.3 Å². The van der Waals surface area contributed by atoms with Gasteiger partial charge in [-0.25, -0.2) is 0 Å². The SMILES string of the molecule is Cc1ccc(C#N)c(NC2CC2C)c1. The zero-order valence-electron chi connectivity index (χ0n) is 8.54. The van der Waals surface area contributed by atoms with E-state index >= 15 is 0 Å². The molecule has 0 bridgehead atoms. The first-order valence-corrected chi connectivity index (χ1v) is 4.98. The largest absolute Gasteiger partial charge is 0.381 e. The van der Waals surface area contributed by atoms with Crippen molar-refractivity contribution < 1.29 is 0 Å². The molecule has 1 aromatic rings. The Hall–Kier alpha value is -1.49. The summed E-state index contributed by atoms with van der Waals surface area (Å²) in [6.07, 6.45) is 1.22. The van der Waals surface area contributed by atoms with Crippen LogP contribution in [0, 0.1) is 24.2 Å². The van der Waals surface area contributed by atoms with Gasteiger partial charge in [0.25, 0.3) is 0 Å². The van der Waals surface area contributed by atoms with Gasteiger partial charge in [0.2, 0.25) is 0 Å². The van der Waals surface area contributed by atoms with Crippen LogP contribution >= 0.6 is 0 Å². The number of hydrogen-bond acceptors (Lipinski definition) is 2. The fraction of sp³-hybridized carbons (Fsp3) is 0.417. The highest BCUT2D eigenvalue weighted by molar-refractivity contribution is 5.59. The summed E-state index contributed by atoms with van der Waals surface area (Å²) in [5.74, 6) is 0.752. The average Bonchev–Trinajstić information content (AvgIpc) is 2.82. The number of anilines is 1. The van der Waals surface area contributed by atoms with Gasteiger partial charge in [0.05, 0.1) is 11.3 Å². The van der Waals surface area contributed by atoms with Gasteiger partial charge in [-0.2, -0.15) is 5.26 Å². The van der Waals surface area contributed by atoms with E-state index in [0.717, 1.165) is 17.2 Å². The Balaban J connectivity index is 2.22. The Morgan fingerprint density at radius 2 is 2.21 bits per heavy atom. The molecule has 2 unspecified atom stereocenters. The highest BCUT2D eigenvalue weighted by Crippen LogP contribution is 2.33. The van der Waals surface area contributed by atoms with Crippen molar-refractivity contribution in [3.63, 3.8) is 0 Å². The molecule has 1 aromatic carbocycles. The Morgan fingerprint density at radius 3 is 2.79 bits per heavy atom. The standard InChI is InChI=1S/C12H14N2/c1-8-3-4-10(7-13)12(5-8)14-11-6-9(11)2/h3-5,9,11,14H,6H2,1-2H3. The van der Waals surface area contributed by atoms with E-state index in [0.29, 0.717) is 6.04 Å². The molecule has 0 spiro atoms. The monoisotopic (exact) mass is 186 g/mol. The Labute approximate surface area is 84.6 Å². The second-order valence-corrected chi connectivity index (χ2v) is 4.12. The molecule has 0 saturated heterocycles. The molecule has 0 amide bonds. The first-order valence-electron chi connectivity index (χ1n) is 4.98. The molecule has 0 radical (unpaired) electrons. The third-order valence-corrected chi connectivity index (χ3v) is 2.75. The fourth-order valence-electron chi connectivity index (χ4n) is 1.60. The van der Waals surface area contributed by atoms with Gasteiger partial charge >= 0.3 is 0 Å². The second-order valence-electron chi connectivity index (χ2n) is 4.12. The number of benzene rings is 1. The van der Waals surface area contributed by atoms with E-state index in [1.165, 1.54) is 12.0 Å². The van der Waals surface area contributed by atoms with Gasteiger partial charge in [0, 0.05) is 6.04 Å². The maximum atomic E-state index is 8.92. The summed E-state index contributed by atoms with van der Waals surface area (Å²) in [7, 11) is 0. The lowest BCUT2D eigenvalue weighted by Gasteiger charge is -2.07.